The number of benzene rings is 2. The van der Waals surface area contributed by atoms with Gasteiger partial charge in [-0.25, -0.2) is 8.42 Å². The molecule has 2 aromatic carbocycles. The Balaban J connectivity index is 0.000000717. The lowest BCUT2D eigenvalue weighted by Gasteiger charge is -2.29. The fourth-order valence-corrected chi connectivity index (χ4v) is 3.42. The molecule has 1 amide bonds. The maximum atomic E-state index is 13.0. The zero-order valence-corrected chi connectivity index (χ0v) is 23.3. The van der Waals surface area contributed by atoms with Gasteiger partial charge >= 0.3 is 0 Å². The third kappa shape index (κ3) is 9.29. The monoisotopic (exact) mass is 532 g/mol. The first-order valence-corrected chi connectivity index (χ1v) is 13.0. The minimum Gasteiger partial charge on any atom is -0.726 e. The summed E-state index contributed by atoms with van der Waals surface area (Å²) in [6.45, 7) is 7.01. The quantitative estimate of drug-likeness (QED) is 0.211. The van der Waals surface area contributed by atoms with Crippen LogP contribution in [0, 0.1) is 0 Å². The smallest absolute Gasteiger partial charge is 0.280 e. The van der Waals surface area contributed by atoms with E-state index in [2.05, 4.69) is 54.4 Å². The summed E-state index contributed by atoms with van der Waals surface area (Å²) in [7, 11) is 4.64. The summed E-state index contributed by atoms with van der Waals surface area (Å²) in [4.78, 5) is 15.4. The number of rotatable bonds is 9. The van der Waals surface area contributed by atoms with E-state index in [0.29, 0.717) is 11.3 Å². The van der Waals surface area contributed by atoms with Crippen LogP contribution in [0.2, 0.25) is 0 Å². The summed E-state index contributed by atoms with van der Waals surface area (Å²) in [6.07, 6.45) is 1.87. The lowest BCUT2D eigenvalue weighted by molar-refractivity contribution is -0.868. The molecule has 3 rings (SSSR count). The Kier molecular flexibility index (Phi) is 10.4. The van der Waals surface area contributed by atoms with Gasteiger partial charge in [-0.2, -0.15) is 10.1 Å². The van der Waals surface area contributed by atoms with Crippen molar-refractivity contribution in [2.45, 2.75) is 13.8 Å². The highest BCUT2D eigenvalue weighted by atomic mass is 32.3. The van der Waals surface area contributed by atoms with E-state index in [1.807, 2.05) is 49.4 Å². The molecule has 1 aliphatic heterocycles. The lowest BCUT2D eigenvalue weighted by atomic mass is 10.1. The van der Waals surface area contributed by atoms with Crippen molar-refractivity contribution in [1.29, 1.82) is 0 Å². The molecular formula is C26H36N4O6S. The molecule has 1 heterocycles. The molecule has 2 aromatic rings. The van der Waals surface area contributed by atoms with Gasteiger partial charge in [-0.15, -0.1) is 0 Å². The number of hydrogen-bond acceptors (Lipinski definition) is 8. The highest BCUT2D eigenvalue weighted by Gasteiger charge is 2.28. The summed E-state index contributed by atoms with van der Waals surface area (Å²) in [5, 5.41) is 5.99. The molecule has 0 saturated carbocycles. The Morgan fingerprint density at radius 2 is 1.62 bits per heavy atom. The molecule has 11 heteroatoms. The Bertz CT molecular complexity index is 1220. The number of amides is 1. The first-order chi connectivity index (χ1) is 17.3. The van der Waals surface area contributed by atoms with Gasteiger partial charge in [0.15, 0.2) is 0 Å². The van der Waals surface area contributed by atoms with Crippen molar-refractivity contribution >= 4 is 39.5 Å². The van der Waals surface area contributed by atoms with Crippen LogP contribution in [0.1, 0.15) is 19.4 Å². The Labute approximate surface area is 219 Å². The topological polar surface area (TPSA) is 112 Å². The second-order valence-electron chi connectivity index (χ2n) is 9.32. The van der Waals surface area contributed by atoms with Crippen LogP contribution in [0.25, 0.3) is 6.08 Å². The molecular weight excluding hydrogens is 496 g/mol. The van der Waals surface area contributed by atoms with Gasteiger partial charge in [-0.05, 0) is 61.9 Å². The van der Waals surface area contributed by atoms with Gasteiger partial charge in [0, 0.05) is 12.2 Å². The fraction of sp³-hybridized carbons (Fsp3) is 0.385. The highest BCUT2D eigenvalue weighted by molar-refractivity contribution is 7.80. The van der Waals surface area contributed by atoms with Crippen LogP contribution in [0.3, 0.4) is 0 Å². The van der Waals surface area contributed by atoms with E-state index < -0.39 is 10.4 Å². The molecule has 0 unspecified atom stereocenters. The molecule has 0 atom stereocenters. The SMILES string of the molecule is CCN(CC[N+](C)(C)C)c1ccc(N2N=C(C)C(=Cc3ccc(OC)cc3)C2=O)cc1.COS(=O)(=O)[O-]. The zero-order chi connectivity index (χ0) is 27.8. The van der Waals surface area contributed by atoms with Crippen molar-refractivity contribution in [3.05, 3.63) is 59.7 Å². The number of carbonyl (C=O) groups excluding carboxylic acids is 1. The Hall–Kier alpha value is -3.25. The van der Waals surface area contributed by atoms with Crippen LogP contribution in [-0.2, 0) is 19.4 Å². The second kappa shape index (κ2) is 12.8. The Morgan fingerprint density at radius 1 is 1.05 bits per heavy atom. The van der Waals surface area contributed by atoms with Crippen molar-refractivity contribution in [2.24, 2.45) is 5.10 Å². The summed E-state index contributed by atoms with van der Waals surface area (Å²) in [5.74, 6) is 0.674. The van der Waals surface area contributed by atoms with E-state index in [4.69, 9.17) is 4.74 Å². The molecule has 0 aromatic heterocycles. The molecule has 202 valence electrons. The number of likely N-dealkylation sites (N-methyl/N-ethyl adjacent to an activating group) is 2. The van der Waals surface area contributed by atoms with Gasteiger partial charge in [0.1, 0.15) is 5.75 Å². The molecule has 0 bridgehead atoms. The minimum atomic E-state index is -4.41. The van der Waals surface area contributed by atoms with Crippen molar-refractivity contribution < 1.29 is 31.2 Å². The van der Waals surface area contributed by atoms with Crippen LogP contribution in [0.5, 0.6) is 5.75 Å². The van der Waals surface area contributed by atoms with E-state index in [1.54, 1.807) is 7.11 Å². The van der Waals surface area contributed by atoms with Gasteiger partial charge in [0.05, 0.1) is 65.4 Å². The van der Waals surface area contributed by atoms with Gasteiger partial charge < -0.3 is 18.7 Å². The zero-order valence-electron chi connectivity index (χ0n) is 22.5. The van der Waals surface area contributed by atoms with Crippen molar-refractivity contribution in [3.8, 4) is 5.75 Å². The number of ether oxygens (including phenoxy) is 1. The second-order valence-corrected chi connectivity index (χ2v) is 10.5. The predicted molar refractivity (Wildman–Crippen MR) is 146 cm³/mol. The van der Waals surface area contributed by atoms with Gasteiger partial charge in [0.25, 0.3) is 5.91 Å². The third-order valence-electron chi connectivity index (χ3n) is 5.58. The van der Waals surface area contributed by atoms with Crippen LogP contribution in [-0.4, -0.2) is 84.1 Å². The standard InChI is InChI=1S/C25H33N4O2.CH4O4S/c1-7-27(16-17-29(3,4)5)21-10-12-22(13-11-21)28-25(30)24(19(2)26-28)18-20-8-14-23(31-6)15-9-20;1-5-6(2,3)4/h8-15,18H,7,16-17H2,1-6H3;1H3,(H,2,3,4)/q+1;/p-1. The van der Waals surface area contributed by atoms with E-state index in [-0.39, 0.29) is 5.91 Å². The molecule has 0 saturated heterocycles. The lowest BCUT2D eigenvalue weighted by Crippen LogP contribution is -2.42. The van der Waals surface area contributed by atoms with Crippen LogP contribution in [0.4, 0.5) is 11.4 Å². The molecule has 1 aliphatic rings. The fourth-order valence-electron chi connectivity index (χ4n) is 3.42. The molecule has 37 heavy (non-hydrogen) atoms. The maximum Gasteiger partial charge on any atom is 0.280 e. The van der Waals surface area contributed by atoms with E-state index in [1.165, 1.54) is 5.01 Å². The van der Waals surface area contributed by atoms with E-state index in [0.717, 1.165) is 53.9 Å². The van der Waals surface area contributed by atoms with E-state index in [9.17, 15) is 17.8 Å². The van der Waals surface area contributed by atoms with E-state index >= 15 is 0 Å². The summed E-state index contributed by atoms with van der Waals surface area (Å²) >= 11 is 0. The normalized spacial score (nSPS) is 14.8. The molecule has 0 aliphatic carbocycles. The molecule has 0 spiro atoms. The number of hydrazone groups is 1. The van der Waals surface area contributed by atoms with Crippen LogP contribution >= 0.6 is 0 Å². The number of nitrogens with zero attached hydrogens (tertiary/aromatic N) is 4. The summed E-state index contributed by atoms with van der Waals surface area (Å²) < 4.78 is 37.1. The number of anilines is 2. The van der Waals surface area contributed by atoms with Crippen molar-refractivity contribution in [1.82, 2.24) is 0 Å². The predicted octanol–water partition coefficient (Wildman–Crippen LogP) is 3.13. The van der Waals surface area contributed by atoms with Crippen LogP contribution in [0.15, 0.2) is 59.2 Å². The number of carbonyl (C=O) groups is 1. The number of hydrogen-bond donors (Lipinski definition) is 0. The van der Waals surface area contributed by atoms with Crippen molar-refractivity contribution in [3.63, 3.8) is 0 Å². The highest BCUT2D eigenvalue weighted by Crippen LogP contribution is 2.27. The number of methoxy groups -OCH3 is 1. The molecule has 0 N–H and O–H groups in total. The average molecular weight is 533 g/mol. The minimum absolute atomic E-state index is 0.113. The maximum absolute atomic E-state index is 13.0. The molecule has 0 fully saturated rings. The Morgan fingerprint density at radius 3 is 2.08 bits per heavy atom. The largest absolute Gasteiger partial charge is 0.726 e. The van der Waals surface area contributed by atoms with Gasteiger partial charge in [0.2, 0.25) is 10.4 Å². The third-order valence-corrected chi connectivity index (χ3v) is 5.98. The molecule has 10 nitrogen and oxygen atoms in total. The van der Waals surface area contributed by atoms with Crippen molar-refractivity contribution in [2.75, 3.05) is 64.9 Å². The average Bonchev–Trinajstić information content (AvgIpc) is 3.13. The first kappa shape index (κ1) is 30.0. The summed E-state index contributed by atoms with van der Waals surface area (Å²) in [5.41, 5.74) is 4.18. The number of quaternary nitrogens is 1. The first-order valence-electron chi connectivity index (χ1n) is 11.7. The van der Waals surface area contributed by atoms with Gasteiger partial charge in [-0.1, -0.05) is 12.1 Å². The summed E-state index contributed by atoms with van der Waals surface area (Å²) in [6, 6.07) is 15.7. The van der Waals surface area contributed by atoms with Gasteiger partial charge in [-0.3, -0.25) is 8.98 Å². The van der Waals surface area contributed by atoms with Crippen LogP contribution < -0.4 is 14.6 Å². The molecule has 0 radical (unpaired) electrons.